The van der Waals surface area contributed by atoms with Crippen molar-refractivity contribution in [2.75, 3.05) is 43.9 Å². The average Bonchev–Trinajstić information content (AvgIpc) is 3.47. The van der Waals surface area contributed by atoms with Gasteiger partial charge in [-0.15, -0.1) is 0 Å². The van der Waals surface area contributed by atoms with Gasteiger partial charge in [0.05, 0.1) is 18.9 Å². The van der Waals surface area contributed by atoms with Crippen LogP contribution in [0.25, 0.3) is 22.7 Å². The zero-order valence-electron chi connectivity index (χ0n) is 21.1. The van der Waals surface area contributed by atoms with E-state index < -0.39 is 0 Å². The first-order valence-corrected chi connectivity index (χ1v) is 12.3. The second-order valence-electron chi connectivity index (χ2n) is 8.23. The summed E-state index contributed by atoms with van der Waals surface area (Å²) in [5.74, 6) is 3.06. The van der Waals surface area contributed by atoms with Crippen molar-refractivity contribution in [3.05, 3.63) is 66.7 Å². The van der Waals surface area contributed by atoms with E-state index in [1.165, 1.54) is 6.39 Å². The first-order valence-electron chi connectivity index (χ1n) is 12.3. The minimum absolute atomic E-state index is 0.508. The van der Waals surface area contributed by atoms with E-state index in [9.17, 15) is 0 Å². The Labute approximate surface area is 212 Å². The summed E-state index contributed by atoms with van der Waals surface area (Å²) in [4.78, 5) is 20.3. The molecule has 0 spiro atoms. The third kappa shape index (κ3) is 6.57. The maximum atomic E-state index is 5.58. The van der Waals surface area contributed by atoms with Crippen LogP contribution < -0.4 is 15.4 Å². The first-order chi connectivity index (χ1) is 17.7. The predicted octanol–water partition coefficient (Wildman–Crippen LogP) is 4.96. The number of rotatable bonds is 13. The highest BCUT2D eigenvalue weighted by atomic mass is 16.5. The predicted molar refractivity (Wildman–Crippen MR) is 142 cm³/mol. The number of hydrogen-bond acceptors (Lipinski definition) is 9. The summed E-state index contributed by atoms with van der Waals surface area (Å²) in [6, 6.07) is 15.9. The second-order valence-corrected chi connectivity index (χ2v) is 8.23. The van der Waals surface area contributed by atoms with Crippen molar-refractivity contribution in [2.24, 2.45) is 0 Å². The SMILES string of the molecule is CCN(CC)CCCNc1nc(NCc2ccc(-c3cnco3)c(OC)c2)nc(-c2ccccc2)n1. The molecular formula is C27H33N7O2. The molecule has 188 valence electrons. The standard InChI is InChI=1S/C27H33N7O2/c1-4-34(5-2)15-9-14-29-26-31-25(21-10-7-6-8-11-21)32-27(33-26)30-17-20-12-13-22(23(16-20)35-3)24-18-28-19-36-24/h6-8,10-13,16,18-19H,4-5,9,14-15,17H2,1-3H3,(H2,29,30,31,32,33). The van der Waals surface area contributed by atoms with Gasteiger partial charge in [-0.25, -0.2) is 4.98 Å². The van der Waals surface area contributed by atoms with Crippen molar-refractivity contribution in [1.29, 1.82) is 0 Å². The van der Waals surface area contributed by atoms with E-state index in [1.54, 1.807) is 13.3 Å². The molecule has 0 fully saturated rings. The highest BCUT2D eigenvalue weighted by Gasteiger charge is 2.12. The number of oxazole rings is 1. The monoisotopic (exact) mass is 487 g/mol. The summed E-state index contributed by atoms with van der Waals surface area (Å²) in [6.45, 7) is 8.82. The lowest BCUT2D eigenvalue weighted by atomic mass is 10.1. The van der Waals surface area contributed by atoms with Crippen molar-refractivity contribution < 1.29 is 9.15 Å². The topological polar surface area (TPSA) is 101 Å². The molecule has 0 unspecified atom stereocenters. The minimum atomic E-state index is 0.508. The molecule has 0 saturated carbocycles. The van der Waals surface area contributed by atoms with E-state index >= 15 is 0 Å². The molecule has 2 aromatic heterocycles. The second kappa shape index (κ2) is 12.6. The number of benzene rings is 2. The summed E-state index contributed by atoms with van der Waals surface area (Å²) in [6.07, 6.45) is 4.08. The van der Waals surface area contributed by atoms with E-state index in [4.69, 9.17) is 9.15 Å². The van der Waals surface area contributed by atoms with Crippen LogP contribution in [0.15, 0.2) is 65.5 Å². The number of ether oxygens (including phenoxy) is 1. The summed E-state index contributed by atoms with van der Waals surface area (Å²) >= 11 is 0. The fourth-order valence-corrected chi connectivity index (χ4v) is 3.87. The first kappa shape index (κ1) is 25.1. The molecule has 2 N–H and O–H groups in total. The van der Waals surface area contributed by atoms with Crippen LogP contribution in [0.3, 0.4) is 0 Å². The Kier molecular flexibility index (Phi) is 8.82. The van der Waals surface area contributed by atoms with Crippen LogP contribution in [0.5, 0.6) is 5.75 Å². The van der Waals surface area contributed by atoms with Crippen LogP contribution >= 0.6 is 0 Å². The van der Waals surface area contributed by atoms with Gasteiger partial charge < -0.3 is 24.7 Å². The molecule has 0 bridgehead atoms. The van der Waals surface area contributed by atoms with Gasteiger partial charge in [0, 0.05) is 18.7 Å². The molecule has 2 heterocycles. The quantitative estimate of drug-likeness (QED) is 0.253. The van der Waals surface area contributed by atoms with Gasteiger partial charge in [0.1, 0.15) is 5.75 Å². The van der Waals surface area contributed by atoms with Crippen LogP contribution in [0.2, 0.25) is 0 Å². The molecule has 0 aliphatic rings. The van der Waals surface area contributed by atoms with Crippen molar-refractivity contribution in [3.8, 4) is 28.5 Å². The maximum absolute atomic E-state index is 5.58. The molecule has 0 amide bonds. The van der Waals surface area contributed by atoms with Gasteiger partial charge in [-0.1, -0.05) is 50.2 Å². The molecule has 9 heteroatoms. The Morgan fingerprint density at radius 2 is 1.72 bits per heavy atom. The van der Waals surface area contributed by atoms with E-state index in [1.807, 2.05) is 48.5 Å². The molecule has 4 aromatic rings. The van der Waals surface area contributed by atoms with E-state index in [0.717, 1.165) is 49.3 Å². The van der Waals surface area contributed by atoms with Crippen LogP contribution in [0, 0.1) is 0 Å². The molecule has 9 nitrogen and oxygen atoms in total. The van der Waals surface area contributed by atoms with Crippen molar-refractivity contribution in [3.63, 3.8) is 0 Å². The number of aromatic nitrogens is 4. The van der Waals surface area contributed by atoms with Crippen LogP contribution in [0.1, 0.15) is 25.8 Å². The Morgan fingerprint density at radius 1 is 0.944 bits per heavy atom. The Morgan fingerprint density at radius 3 is 2.42 bits per heavy atom. The Bertz CT molecular complexity index is 1210. The summed E-state index contributed by atoms with van der Waals surface area (Å²) in [5, 5.41) is 6.72. The van der Waals surface area contributed by atoms with Crippen LogP contribution in [-0.4, -0.2) is 58.1 Å². The van der Waals surface area contributed by atoms with Crippen LogP contribution in [0.4, 0.5) is 11.9 Å². The largest absolute Gasteiger partial charge is 0.496 e. The average molecular weight is 488 g/mol. The number of hydrogen-bond donors (Lipinski definition) is 2. The lowest BCUT2D eigenvalue weighted by Crippen LogP contribution is -2.25. The Balaban J connectivity index is 1.48. The lowest BCUT2D eigenvalue weighted by molar-refractivity contribution is 0.303. The fraction of sp³-hybridized carbons (Fsp3) is 0.333. The van der Waals surface area contributed by atoms with Crippen molar-refractivity contribution >= 4 is 11.9 Å². The zero-order chi connectivity index (χ0) is 25.2. The highest BCUT2D eigenvalue weighted by Crippen LogP contribution is 2.30. The van der Waals surface area contributed by atoms with Gasteiger partial charge in [0.15, 0.2) is 18.0 Å². The molecule has 36 heavy (non-hydrogen) atoms. The normalized spacial score (nSPS) is 11.0. The lowest BCUT2D eigenvalue weighted by Gasteiger charge is -2.17. The van der Waals surface area contributed by atoms with Crippen molar-refractivity contribution in [2.45, 2.75) is 26.8 Å². The van der Waals surface area contributed by atoms with E-state index in [2.05, 4.69) is 49.3 Å². The molecule has 0 aliphatic carbocycles. The van der Waals surface area contributed by atoms with Gasteiger partial charge in [-0.3, -0.25) is 0 Å². The summed E-state index contributed by atoms with van der Waals surface area (Å²) in [7, 11) is 1.64. The molecule has 2 aromatic carbocycles. The smallest absolute Gasteiger partial charge is 0.228 e. The fourth-order valence-electron chi connectivity index (χ4n) is 3.87. The maximum Gasteiger partial charge on any atom is 0.228 e. The van der Waals surface area contributed by atoms with Gasteiger partial charge in [0.25, 0.3) is 0 Å². The van der Waals surface area contributed by atoms with E-state index in [0.29, 0.717) is 35.8 Å². The molecule has 0 aliphatic heterocycles. The van der Waals surface area contributed by atoms with Gasteiger partial charge in [-0.2, -0.15) is 15.0 Å². The summed E-state index contributed by atoms with van der Waals surface area (Å²) < 4.78 is 11.0. The number of nitrogens with one attached hydrogen (secondary N) is 2. The number of methoxy groups -OCH3 is 1. The third-order valence-electron chi connectivity index (χ3n) is 5.91. The van der Waals surface area contributed by atoms with Gasteiger partial charge in [-0.05, 0) is 43.8 Å². The van der Waals surface area contributed by atoms with Crippen LogP contribution in [-0.2, 0) is 6.54 Å². The van der Waals surface area contributed by atoms with E-state index in [-0.39, 0.29) is 0 Å². The summed E-state index contributed by atoms with van der Waals surface area (Å²) in [5.41, 5.74) is 2.80. The minimum Gasteiger partial charge on any atom is -0.496 e. The number of anilines is 2. The number of nitrogens with zero attached hydrogens (tertiary/aromatic N) is 5. The zero-order valence-corrected chi connectivity index (χ0v) is 21.1. The van der Waals surface area contributed by atoms with Crippen molar-refractivity contribution in [1.82, 2.24) is 24.8 Å². The molecular weight excluding hydrogens is 454 g/mol. The Hall–Kier alpha value is -3.98. The van der Waals surface area contributed by atoms with Gasteiger partial charge in [0.2, 0.25) is 11.9 Å². The molecule has 0 radical (unpaired) electrons. The molecule has 0 atom stereocenters. The third-order valence-corrected chi connectivity index (χ3v) is 5.91. The molecule has 0 saturated heterocycles. The van der Waals surface area contributed by atoms with Gasteiger partial charge >= 0.3 is 0 Å². The molecule has 4 rings (SSSR count). The highest BCUT2D eigenvalue weighted by molar-refractivity contribution is 5.66.